The highest BCUT2D eigenvalue weighted by Gasteiger charge is 2.13. The van der Waals surface area contributed by atoms with Crippen molar-refractivity contribution in [2.45, 2.75) is 12.5 Å². The number of hydrogen-bond acceptors (Lipinski definition) is 2. The molecule has 0 aliphatic rings. The highest BCUT2D eigenvalue weighted by molar-refractivity contribution is 6.33. The minimum atomic E-state index is 0.127. The molecule has 1 aromatic carbocycles. The summed E-state index contributed by atoms with van der Waals surface area (Å²) in [5.74, 6) is 0. The van der Waals surface area contributed by atoms with Gasteiger partial charge in [-0.1, -0.05) is 29.3 Å². The SMILES string of the molecule is CNC(Cc1cc(Cl)ccc1Cl)c1ccccn1. The summed E-state index contributed by atoms with van der Waals surface area (Å²) in [7, 11) is 1.91. The number of pyridine rings is 1. The number of rotatable bonds is 4. The first-order valence-corrected chi connectivity index (χ1v) is 6.48. The van der Waals surface area contributed by atoms with Crippen molar-refractivity contribution in [3.05, 3.63) is 63.9 Å². The summed E-state index contributed by atoms with van der Waals surface area (Å²) in [6.45, 7) is 0. The lowest BCUT2D eigenvalue weighted by Gasteiger charge is -2.16. The molecule has 0 saturated heterocycles. The Morgan fingerprint density at radius 3 is 2.72 bits per heavy atom. The molecule has 0 radical (unpaired) electrons. The van der Waals surface area contributed by atoms with E-state index in [2.05, 4.69) is 10.3 Å². The van der Waals surface area contributed by atoms with Gasteiger partial charge in [-0.3, -0.25) is 4.98 Å². The van der Waals surface area contributed by atoms with E-state index in [0.717, 1.165) is 22.7 Å². The summed E-state index contributed by atoms with van der Waals surface area (Å²) in [5, 5.41) is 4.68. The fourth-order valence-electron chi connectivity index (χ4n) is 1.86. The first-order chi connectivity index (χ1) is 8.70. The molecular weight excluding hydrogens is 267 g/mol. The minimum absolute atomic E-state index is 0.127. The molecule has 2 rings (SSSR count). The molecule has 2 nitrogen and oxygen atoms in total. The van der Waals surface area contributed by atoms with Crippen LogP contribution in [0.5, 0.6) is 0 Å². The van der Waals surface area contributed by atoms with Crippen molar-refractivity contribution in [3.63, 3.8) is 0 Å². The zero-order chi connectivity index (χ0) is 13.0. The summed E-state index contributed by atoms with van der Waals surface area (Å²) >= 11 is 12.2. The molecule has 0 fully saturated rings. The number of benzene rings is 1. The molecule has 0 saturated carbocycles. The normalized spacial score (nSPS) is 12.4. The maximum Gasteiger partial charge on any atom is 0.0576 e. The predicted octanol–water partition coefficient (Wildman–Crippen LogP) is 3.89. The Morgan fingerprint density at radius 2 is 2.06 bits per heavy atom. The Labute approximate surface area is 117 Å². The second-order valence-electron chi connectivity index (χ2n) is 4.04. The molecule has 1 atom stereocenters. The maximum absolute atomic E-state index is 6.18. The Hall–Kier alpha value is -1.09. The first-order valence-electron chi connectivity index (χ1n) is 5.73. The Balaban J connectivity index is 2.23. The van der Waals surface area contributed by atoms with Crippen LogP contribution >= 0.6 is 23.2 Å². The third kappa shape index (κ3) is 3.22. The largest absolute Gasteiger partial charge is 0.311 e. The molecule has 18 heavy (non-hydrogen) atoms. The number of nitrogens with zero attached hydrogens (tertiary/aromatic N) is 1. The molecule has 0 bridgehead atoms. The fraction of sp³-hybridized carbons (Fsp3) is 0.214. The van der Waals surface area contributed by atoms with Crippen LogP contribution in [0.3, 0.4) is 0 Å². The van der Waals surface area contributed by atoms with Gasteiger partial charge in [0.25, 0.3) is 0 Å². The van der Waals surface area contributed by atoms with Crippen LogP contribution in [0.25, 0.3) is 0 Å². The number of likely N-dealkylation sites (N-methyl/N-ethyl adjacent to an activating group) is 1. The van der Waals surface area contributed by atoms with Crippen LogP contribution in [-0.2, 0) is 6.42 Å². The van der Waals surface area contributed by atoms with Gasteiger partial charge in [-0.2, -0.15) is 0 Å². The van der Waals surface area contributed by atoms with E-state index in [4.69, 9.17) is 23.2 Å². The van der Waals surface area contributed by atoms with Gasteiger partial charge in [0.05, 0.1) is 11.7 Å². The smallest absolute Gasteiger partial charge is 0.0576 e. The van der Waals surface area contributed by atoms with Crippen LogP contribution in [0.15, 0.2) is 42.6 Å². The second kappa shape index (κ2) is 6.19. The average Bonchev–Trinajstić information content (AvgIpc) is 2.41. The van der Waals surface area contributed by atoms with Gasteiger partial charge < -0.3 is 5.32 Å². The van der Waals surface area contributed by atoms with Gasteiger partial charge in [-0.25, -0.2) is 0 Å². The Bertz CT molecular complexity index is 514. The highest BCUT2D eigenvalue weighted by atomic mass is 35.5. The van der Waals surface area contributed by atoms with Crippen LogP contribution in [-0.4, -0.2) is 12.0 Å². The lowest BCUT2D eigenvalue weighted by Crippen LogP contribution is -2.20. The van der Waals surface area contributed by atoms with E-state index in [-0.39, 0.29) is 6.04 Å². The molecule has 1 N–H and O–H groups in total. The second-order valence-corrected chi connectivity index (χ2v) is 4.88. The van der Waals surface area contributed by atoms with E-state index in [1.807, 2.05) is 37.4 Å². The van der Waals surface area contributed by atoms with Crippen molar-refractivity contribution in [2.75, 3.05) is 7.05 Å². The van der Waals surface area contributed by atoms with E-state index in [9.17, 15) is 0 Å². The van der Waals surface area contributed by atoms with E-state index in [1.54, 1.807) is 12.3 Å². The average molecular weight is 281 g/mol. The monoisotopic (exact) mass is 280 g/mol. The summed E-state index contributed by atoms with van der Waals surface area (Å²) in [6.07, 6.45) is 2.55. The van der Waals surface area contributed by atoms with E-state index in [1.165, 1.54) is 0 Å². The van der Waals surface area contributed by atoms with E-state index < -0.39 is 0 Å². The van der Waals surface area contributed by atoms with Gasteiger partial charge >= 0.3 is 0 Å². The Morgan fingerprint density at radius 1 is 1.22 bits per heavy atom. The van der Waals surface area contributed by atoms with Gasteiger partial charge in [0.2, 0.25) is 0 Å². The maximum atomic E-state index is 6.18. The lowest BCUT2D eigenvalue weighted by molar-refractivity contribution is 0.576. The van der Waals surface area contributed by atoms with Gasteiger partial charge in [0, 0.05) is 16.2 Å². The van der Waals surface area contributed by atoms with Crippen molar-refractivity contribution >= 4 is 23.2 Å². The standard InChI is InChI=1S/C14H14Cl2N2/c1-17-14(13-4-2-3-7-18-13)9-10-8-11(15)5-6-12(10)16/h2-8,14,17H,9H2,1H3. The van der Waals surface area contributed by atoms with Crippen LogP contribution in [0, 0.1) is 0 Å². The third-order valence-corrected chi connectivity index (χ3v) is 3.43. The molecular formula is C14H14Cl2N2. The quantitative estimate of drug-likeness (QED) is 0.919. The van der Waals surface area contributed by atoms with Crippen LogP contribution in [0.2, 0.25) is 10.0 Å². The van der Waals surface area contributed by atoms with Crippen molar-refractivity contribution < 1.29 is 0 Å². The molecule has 94 valence electrons. The molecule has 0 amide bonds. The van der Waals surface area contributed by atoms with Crippen molar-refractivity contribution in [3.8, 4) is 0 Å². The fourth-order valence-corrected chi connectivity index (χ4v) is 2.25. The van der Waals surface area contributed by atoms with Gasteiger partial charge in [0.1, 0.15) is 0 Å². The summed E-state index contributed by atoms with van der Waals surface area (Å²) in [6, 6.07) is 11.5. The molecule has 0 aliphatic heterocycles. The Kier molecular flexibility index (Phi) is 4.59. The molecule has 2 aromatic rings. The number of nitrogens with one attached hydrogen (secondary N) is 1. The predicted molar refractivity (Wildman–Crippen MR) is 76.2 cm³/mol. The van der Waals surface area contributed by atoms with Gasteiger partial charge in [-0.05, 0) is 49.4 Å². The third-order valence-electron chi connectivity index (χ3n) is 2.83. The van der Waals surface area contributed by atoms with Crippen LogP contribution in [0.1, 0.15) is 17.3 Å². The molecule has 1 heterocycles. The highest BCUT2D eigenvalue weighted by Crippen LogP contribution is 2.25. The topological polar surface area (TPSA) is 24.9 Å². The number of halogens is 2. The van der Waals surface area contributed by atoms with Crippen LogP contribution in [0.4, 0.5) is 0 Å². The zero-order valence-electron chi connectivity index (χ0n) is 10.0. The minimum Gasteiger partial charge on any atom is -0.311 e. The van der Waals surface area contributed by atoms with Gasteiger partial charge in [-0.15, -0.1) is 0 Å². The van der Waals surface area contributed by atoms with Crippen molar-refractivity contribution in [1.29, 1.82) is 0 Å². The summed E-state index contributed by atoms with van der Waals surface area (Å²) < 4.78 is 0. The number of hydrogen-bond donors (Lipinski definition) is 1. The molecule has 1 aromatic heterocycles. The summed E-state index contributed by atoms with van der Waals surface area (Å²) in [4.78, 5) is 4.36. The molecule has 0 aliphatic carbocycles. The molecule has 0 spiro atoms. The van der Waals surface area contributed by atoms with E-state index >= 15 is 0 Å². The van der Waals surface area contributed by atoms with E-state index in [0.29, 0.717) is 5.02 Å². The van der Waals surface area contributed by atoms with Crippen LogP contribution < -0.4 is 5.32 Å². The molecule has 1 unspecified atom stereocenters. The first kappa shape index (κ1) is 13.3. The molecule has 4 heteroatoms. The summed E-state index contributed by atoms with van der Waals surface area (Å²) in [5.41, 5.74) is 2.02. The zero-order valence-corrected chi connectivity index (χ0v) is 11.5. The van der Waals surface area contributed by atoms with Gasteiger partial charge in [0.15, 0.2) is 0 Å². The lowest BCUT2D eigenvalue weighted by atomic mass is 10.0. The van der Waals surface area contributed by atoms with Crippen molar-refractivity contribution in [2.24, 2.45) is 0 Å². The number of aromatic nitrogens is 1. The van der Waals surface area contributed by atoms with Crippen molar-refractivity contribution in [1.82, 2.24) is 10.3 Å².